The first-order chi connectivity index (χ1) is 7.69. The van der Waals surface area contributed by atoms with E-state index in [4.69, 9.17) is 15.1 Å². The lowest BCUT2D eigenvalue weighted by Crippen LogP contribution is -2.50. The first-order valence-electron chi connectivity index (χ1n) is 5.67. The molecule has 0 amide bonds. The van der Waals surface area contributed by atoms with Crippen LogP contribution in [0.4, 0.5) is 0 Å². The number of carbonyl (C=O) groups is 1. The van der Waals surface area contributed by atoms with E-state index in [9.17, 15) is 4.79 Å². The van der Waals surface area contributed by atoms with E-state index < -0.39 is 18.1 Å². The molecule has 1 rings (SSSR count). The normalized spacial score (nSPS) is 23.6. The van der Waals surface area contributed by atoms with Crippen molar-refractivity contribution < 1.29 is 14.6 Å². The van der Waals surface area contributed by atoms with Crippen LogP contribution in [-0.4, -0.2) is 47.8 Å². The molecule has 0 bridgehead atoms. The van der Waals surface area contributed by atoms with Gasteiger partial charge in [-0.15, -0.1) is 0 Å². The number of rotatable bonds is 5. The van der Waals surface area contributed by atoms with Crippen LogP contribution in [0.25, 0.3) is 0 Å². The molecule has 0 aliphatic carbocycles. The summed E-state index contributed by atoms with van der Waals surface area (Å²) in [6.45, 7) is 3.47. The molecule has 2 atom stereocenters. The van der Waals surface area contributed by atoms with Gasteiger partial charge in [0.2, 0.25) is 0 Å². The molecule has 0 saturated carbocycles. The number of morpholine rings is 1. The molecule has 5 heteroatoms. The summed E-state index contributed by atoms with van der Waals surface area (Å²) in [7, 11) is 0. The second-order valence-corrected chi connectivity index (χ2v) is 3.98. The molecule has 0 radical (unpaired) electrons. The van der Waals surface area contributed by atoms with Gasteiger partial charge in [0, 0.05) is 13.1 Å². The highest BCUT2D eigenvalue weighted by Crippen LogP contribution is 2.14. The molecule has 0 aromatic carbocycles. The van der Waals surface area contributed by atoms with Crippen LogP contribution in [0.5, 0.6) is 0 Å². The minimum absolute atomic E-state index is 0.400. The number of nitriles is 1. The molecule has 1 N–H and O–H groups in total. The topological polar surface area (TPSA) is 73.6 Å². The van der Waals surface area contributed by atoms with Crippen molar-refractivity contribution in [2.45, 2.75) is 38.3 Å². The third kappa shape index (κ3) is 3.47. The molecule has 90 valence electrons. The standard InChI is InChI=1S/C11H18N2O3/c1-2-3-4-10(11(14)15)13-5-6-16-9(7-12)8-13/h9-10H,2-6,8H2,1H3,(H,14,15). The Morgan fingerprint density at radius 3 is 3.06 bits per heavy atom. The van der Waals surface area contributed by atoms with Crippen LogP contribution in [0.1, 0.15) is 26.2 Å². The maximum atomic E-state index is 11.1. The first-order valence-corrected chi connectivity index (χ1v) is 5.67. The summed E-state index contributed by atoms with van der Waals surface area (Å²) in [4.78, 5) is 13.0. The van der Waals surface area contributed by atoms with E-state index in [1.165, 1.54) is 0 Å². The Balaban J connectivity index is 2.56. The average Bonchev–Trinajstić information content (AvgIpc) is 2.29. The Bertz CT molecular complexity index is 275. The maximum Gasteiger partial charge on any atom is 0.320 e. The van der Waals surface area contributed by atoms with Gasteiger partial charge in [-0.25, -0.2) is 0 Å². The molecule has 16 heavy (non-hydrogen) atoms. The third-order valence-corrected chi connectivity index (χ3v) is 2.80. The van der Waals surface area contributed by atoms with Gasteiger partial charge in [0.15, 0.2) is 6.10 Å². The summed E-state index contributed by atoms with van der Waals surface area (Å²) in [6, 6.07) is 1.55. The zero-order valence-electron chi connectivity index (χ0n) is 9.56. The van der Waals surface area contributed by atoms with E-state index in [0.717, 1.165) is 12.8 Å². The lowest BCUT2D eigenvalue weighted by atomic mass is 10.1. The largest absolute Gasteiger partial charge is 0.480 e. The van der Waals surface area contributed by atoms with E-state index in [2.05, 4.69) is 0 Å². The number of carboxylic acids is 1. The van der Waals surface area contributed by atoms with Crippen molar-refractivity contribution in [2.75, 3.05) is 19.7 Å². The van der Waals surface area contributed by atoms with Gasteiger partial charge in [0.1, 0.15) is 6.04 Å². The summed E-state index contributed by atoms with van der Waals surface area (Å²) in [6.07, 6.45) is 2.03. The predicted molar refractivity (Wildman–Crippen MR) is 57.9 cm³/mol. The summed E-state index contributed by atoms with van der Waals surface area (Å²) in [5.74, 6) is -0.799. The van der Waals surface area contributed by atoms with Crippen molar-refractivity contribution in [3.63, 3.8) is 0 Å². The van der Waals surface area contributed by atoms with E-state index in [1.54, 1.807) is 0 Å². The first kappa shape index (κ1) is 12.9. The zero-order valence-corrected chi connectivity index (χ0v) is 9.56. The van der Waals surface area contributed by atoms with Crippen LogP contribution in [0.2, 0.25) is 0 Å². The Hall–Kier alpha value is -1.12. The highest BCUT2D eigenvalue weighted by Gasteiger charge is 2.30. The lowest BCUT2D eigenvalue weighted by Gasteiger charge is -2.34. The van der Waals surface area contributed by atoms with Crippen LogP contribution in [0.15, 0.2) is 0 Å². The van der Waals surface area contributed by atoms with Gasteiger partial charge in [0.05, 0.1) is 12.7 Å². The Labute approximate surface area is 95.6 Å². The molecule has 0 spiro atoms. The van der Waals surface area contributed by atoms with Crippen molar-refractivity contribution in [3.05, 3.63) is 0 Å². The van der Waals surface area contributed by atoms with Crippen molar-refractivity contribution in [3.8, 4) is 6.07 Å². The maximum absolute atomic E-state index is 11.1. The van der Waals surface area contributed by atoms with Crippen LogP contribution in [0.3, 0.4) is 0 Å². The summed E-state index contributed by atoms with van der Waals surface area (Å²) in [5.41, 5.74) is 0. The molecule has 1 saturated heterocycles. The molecule has 0 aromatic heterocycles. The van der Waals surface area contributed by atoms with Gasteiger partial charge in [0.25, 0.3) is 0 Å². The van der Waals surface area contributed by atoms with Gasteiger partial charge in [-0.3, -0.25) is 9.69 Å². The number of unbranched alkanes of at least 4 members (excludes halogenated alkanes) is 1. The monoisotopic (exact) mass is 226 g/mol. The van der Waals surface area contributed by atoms with Crippen LogP contribution < -0.4 is 0 Å². The Morgan fingerprint density at radius 1 is 1.75 bits per heavy atom. The molecule has 1 fully saturated rings. The molecular formula is C11H18N2O3. The molecule has 0 aromatic rings. The molecular weight excluding hydrogens is 208 g/mol. The fraction of sp³-hybridized carbons (Fsp3) is 0.818. The number of hydrogen-bond donors (Lipinski definition) is 1. The number of hydrogen-bond acceptors (Lipinski definition) is 4. The van der Waals surface area contributed by atoms with Gasteiger partial charge >= 0.3 is 5.97 Å². The van der Waals surface area contributed by atoms with Crippen molar-refractivity contribution in [2.24, 2.45) is 0 Å². The minimum atomic E-state index is -0.799. The van der Waals surface area contributed by atoms with E-state index in [0.29, 0.717) is 26.1 Å². The highest BCUT2D eigenvalue weighted by atomic mass is 16.5. The van der Waals surface area contributed by atoms with Gasteiger partial charge in [-0.05, 0) is 6.42 Å². The molecule has 5 nitrogen and oxygen atoms in total. The average molecular weight is 226 g/mol. The predicted octanol–water partition coefficient (Wildman–Crippen LogP) is 0.854. The second kappa shape index (κ2) is 6.46. The molecule has 1 heterocycles. The fourth-order valence-electron chi connectivity index (χ4n) is 1.89. The molecule has 2 unspecified atom stereocenters. The Morgan fingerprint density at radius 2 is 2.50 bits per heavy atom. The number of nitrogens with zero attached hydrogens (tertiary/aromatic N) is 2. The molecule has 1 aliphatic rings. The number of ether oxygens (including phenoxy) is 1. The van der Waals surface area contributed by atoms with Gasteiger partial charge in [-0.1, -0.05) is 19.8 Å². The molecule has 1 aliphatic heterocycles. The van der Waals surface area contributed by atoms with Crippen molar-refractivity contribution in [1.82, 2.24) is 4.90 Å². The van der Waals surface area contributed by atoms with Crippen LogP contribution in [0, 0.1) is 11.3 Å². The van der Waals surface area contributed by atoms with Crippen molar-refractivity contribution >= 4 is 5.97 Å². The summed E-state index contributed by atoms with van der Waals surface area (Å²) < 4.78 is 5.20. The number of carboxylic acid groups (broad SMARTS) is 1. The van der Waals surface area contributed by atoms with E-state index >= 15 is 0 Å². The highest BCUT2D eigenvalue weighted by molar-refractivity contribution is 5.73. The van der Waals surface area contributed by atoms with E-state index in [-0.39, 0.29) is 0 Å². The number of aliphatic carboxylic acids is 1. The fourth-order valence-corrected chi connectivity index (χ4v) is 1.89. The summed E-state index contributed by atoms with van der Waals surface area (Å²) >= 11 is 0. The van der Waals surface area contributed by atoms with Gasteiger partial charge < -0.3 is 9.84 Å². The SMILES string of the molecule is CCCCC(C(=O)O)N1CCOC(C#N)C1. The smallest absolute Gasteiger partial charge is 0.320 e. The Kier molecular flexibility index (Phi) is 5.23. The summed E-state index contributed by atoms with van der Waals surface area (Å²) in [5, 5.41) is 17.9. The van der Waals surface area contributed by atoms with Gasteiger partial charge in [-0.2, -0.15) is 5.26 Å². The van der Waals surface area contributed by atoms with Crippen LogP contribution >= 0.6 is 0 Å². The lowest BCUT2D eigenvalue weighted by molar-refractivity contribution is -0.146. The quantitative estimate of drug-likeness (QED) is 0.752. The minimum Gasteiger partial charge on any atom is -0.480 e. The van der Waals surface area contributed by atoms with E-state index in [1.807, 2.05) is 17.9 Å². The third-order valence-electron chi connectivity index (χ3n) is 2.80. The second-order valence-electron chi connectivity index (χ2n) is 3.98. The van der Waals surface area contributed by atoms with Crippen LogP contribution in [-0.2, 0) is 9.53 Å². The zero-order chi connectivity index (χ0) is 12.0. The van der Waals surface area contributed by atoms with Crippen molar-refractivity contribution in [1.29, 1.82) is 5.26 Å².